The van der Waals surface area contributed by atoms with E-state index in [1.807, 2.05) is 18.4 Å². The zero-order valence-electron chi connectivity index (χ0n) is 13.0. The van der Waals surface area contributed by atoms with Crippen LogP contribution in [-0.2, 0) is 0 Å². The van der Waals surface area contributed by atoms with Gasteiger partial charge in [-0.15, -0.1) is 11.3 Å². The molecule has 0 atom stereocenters. The third kappa shape index (κ3) is 3.49. The molecule has 0 aliphatic heterocycles. The Morgan fingerprint density at radius 2 is 1.64 bits per heavy atom. The third-order valence-corrected chi connectivity index (χ3v) is 4.19. The topological polar surface area (TPSA) is 44.8 Å². The molecule has 4 nitrogen and oxygen atoms in total. The van der Waals surface area contributed by atoms with Crippen LogP contribution in [0.2, 0.25) is 0 Å². The Labute approximate surface area is 133 Å². The average molecular weight is 318 g/mol. The number of allylic oxidation sites excluding steroid dienone is 1. The third-order valence-electron chi connectivity index (χ3n) is 3.12. The van der Waals surface area contributed by atoms with E-state index in [1.165, 1.54) is 17.4 Å². The van der Waals surface area contributed by atoms with Crippen LogP contribution in [0.1, 0.15) is 20.8 Å². The molecule has 1 aromatic heterocycles. The molecule has 0 radical (unpaired) electrons. The Hall–Kier alpha value is -2.27. The smallest absolute Gasteiger partial charge is 0.195 e. The minimum absolute atomic E-state index is 0.0325. The maximum Gasteiger partial charge on any atom is 0.195 e. The Morgan fingerprint density at radius 3 is 2.18 bits per heavy atom. The van der Waals surface area contributed by atoms with Crippen LogP contribution in [0.4, 0.5) is 0 Å². The first kappa shape index (κ1) is 16.1. The van der Waals surface area contributed by atoms with Crippen LogP contribution >= 0.6 is 11.3 Å². The second kappa shape index (κ2) is 7.13. The van der Waals surface area contributed by atoms with E-state index in [0.29, 0.717) is 22.1 Å². The van der Waals surface area contributed by atoms with Gasteiger partial charge in [-0.1, -0.05) is 0 Å². The molecular formula is C17H18O4S. The summed E-state index contributed by atoms with van der Waals surface area (Å²) in [7, 11) is 4.70. The molecule has 116 valence electrons. The number of benzene rings is 1. The van der Waals surface area contributed by atoms with Gasteiger partial charge < -0.3 is 14.2 Å². The van der Waals surface area contributed by atoms with Gasteiger partial charge in [0.15, 0.2) is 17.3 Å². The van der Waals surface area contributed by atoms with Crippen LogP contribution in [0.25, 0.3) is 6.08 Å². The molecule has 0 saturated carbocycles. The minimum atomic E-state index is -0.0325. The highest BCUT2D eigenvalue weighted by Gasteiger charge is 2.11. The summed E-state index contributed by atoms with van der Waals surface area (Å²) in [4.78, 5) is 12.9. The zero-order valence-corrected chi connectivity index (χ0v) is 13.8. The van der Waals surface area contributed by atoms with E-state index in [1.54, 1.807) is 39.5 Å². The van der Waals surface area contributed by atoms with Crippen molar-refractivity contribution in [1.29, 1.82) is 0 Å². The lowest BCUT2D eigenvalue weighted by Gasteiger charge is -2.12. The van der Waals surface area contributed by atoms with Crippen LogP contribution in [-0.4, -0.2) is 27.1 Å². The highest BCUT2D eigenvalue weighted by atomic mass is 32.1. The maximum atomic E-state index is 12.1. The normalized spacial score (nSPS) is 10.7. The average Bonchev–Trinajstić information content (AvgIpc) is 2.98. The number of carbonyl (C=O) groups excluding carboxylic acids is 1. The van der Waals surface area contributed by atoms with Gasteiger partial charge in [0.2, 0.25) is 0 Å². The number of hydrogen-bond acceptors (Lipinski definition) is 5. The Morgan fingerprint density at radius 1 is 1.00 bits per heavy atom. The van der Waals surface area contributed by atoms with Crippen molar-refractivity contribution in [1.82, 2.24) is 0 Å². The van der Waals surface area contributed by atoms with Crippen molar-refractivity contribution in [2.75, 3.05) is 21.3 Å². The molecule has 0 spiro atoms. The van der Waals surface area contributed by atoms with Gasteiger partial charge in [0, 0.05) is 11.6 Å². The SMILES string of the molecule is COc1cc(OC)c(OC)cc1/C=C/C(=O)c1cc(C)cs1. The van der Waals surface area contributed by atoms with Crippen LogP contribution in [0.5, 0.6) is 17.2 Å². The second-order valence-electron chi connectivity index (χ2n) is 4.64. The summed E-state index contributed by atoms with van der Waals surface area (Å²) < 4.78 is 15.8. The van der Waals surface area contributed by atoms with E-state index in [-0.39, 0.29) is 5.78 Å². The largest absolute Gasteiger partial charge is 0.496 e. The Balaban J connectivity index is 2.31. The fourth-order valence-electron chi connectivity index (χ4n) is 1.99. The molecule has 0 bridgehead atoms. The molecular weight excluding hydrogens is 300 g/mol. The van der Waals surface area contributed by atoms with Crippen LogP contribution in [0, 0.1) is 6.92 Å². The van der Waals surface area contributed by atoms with E-state index in [9.17, 15) is 4.79 Å². The monoisotopic (exact) mass is 318 g/mol. The van der Waals surface area contributed by atoms with Gasteiger partial charge in [-0.05, 0) is 42.2 Å². The standard InChI is InChI=1S/C17H18O4S/c1-11-7-17(22-10-11)13(18)6-5-12-8-15(20-3)16(21-4)9-14(12)19-2/h5-10H,1-4H3/b6-5+. The lowest BCUT2D eigenvalue weighted by atomic mass is 10.1. The van der Waals surface area contributed by atoms with E-state index in [4.69, 9.17) is 14.2 Å². The number of carbonyl (C=O) groups is 1. The van der Waals surface area contributed by atoms with E-state index >= 15 is 0 Å². The van der Waals surface area contributed by atoms with Gasteiger partial charge in [0.1, 0.15) is 5.75 Å². The summed E-state index contributed by atoms with van der Waals surface area (Å²) in [6.45, 7) is 1.97. The number of ketones is 1. The van der Waals surface area contributed by atoms with Crippen molar-refractivity contribution in [2.24, 2.45) is 0 Å². The number of aryl methyl sites for hydroxylation is 1. The molecule has 0 N–H and O–H groups in total. The van der Waals surface area contributed by atoms with Crippen molar-refractivity contribution in [3.8, 4) is 17.2 Å². The molecule has 22 heavy (non-hydrogen) atoms. The van der Waals surface area contributed by atoms with E-state index in [2.05, 4.69) is 0 Å². The quantitative estimate of drug-likeness (QED) is 0.597. The number of methoxy groups -OCH3 is 3. The van der Waals surface area contributed by atoms with Crippen molar-refractivity contribution >= 4 is 23.2 Å². The van der Waals surface area contributed by atoms with Crippen molar-refractivity contribution in [2.45, 2.75) is 6.92 Å². The molecule has 2 rings (SSSR count). The molecule has 0 amide bonds. The molecule has 0 aliphatic rings. The van der Waals surface area contributed by atoms with Gasteiger partial charge in [0.05, 0.1) is 26.2 Å². The van der Waals surface area contributed by atoms with Gasteiger partial charge in [-0.25, -0.2) is 0 Å². The summed E-state index contributed by atoms with van der Waals surface area (Å²) in [5.41, 5.74) is 1.84. The first-order valence-corrected chi connectivity index (χ1v) is 7.54. The predicted molar refractivity (Wildman–Crippen MR) is 88.5 cm³/mol. The number of rotatable bonds is 6. The molecule has 0 fully saturated rings. The van der Waals surface area contributed by atoms with E-state index in [0.717, 1.165) is 11.1 Å². The Kier molecular flexibility index (Phi) is 5.22. The fraction of sp³-hybridized carbons (Fsp3) is 0.235. The number of thiophene rings is 1. The lowest BCUT2D eigenvalue weighted by Crippen LogP contribution is -1.95. The number of ether oxygens (including phenoxy) is 3. The van der Waals surface area contributed by atoms with Crippen LogP contribution in [0.3, 0.4) is 0 Å². The molecule has 0 unspecified atom stereocenters. The van der Waals surface area contributed by atoms with Crippen molar-refractivity contribution in [3.05, 3.63) is 45.7 Å². The minimum Gasteiger partial charge on any atom is -0.496 e. The van der Waals surface area contributed by atoms with Crippen molar-refractivity contribution < 1.29 is 19.0 Å². The highest BCUT2D eigenvalue weighted by Crippen LogP contribution is 2.35. The molecule has 1 aromatic carbocycles. The zero-order chi connectivity index (χ0) is 16.1. The summed E-state index contributed by atoms with van der Waals surface area (Å²) in [5.74, 6) is 1.75. The van der Waals surface area contributed by atoms with Gasteiger partial charge >= 0.3 is 0 Å². The van der Waals surface area contributed by atoms with Crippen molar-refractivity contribution in [3.63, 3.8) is 0 Å². The lowest BCUT2D eigenvalue weighted by molar-refractivity contribution is 0.105. The highest BCUT2D eigenvalue weighted by molar-refractivity contribution is 7.12. The molecule has 2 aromatic rings. The van der Waals surface area contributed by atoms with Gasteiger partial charge in [-0.3, -0.25) is 4.79 Å². The predicted octanol–water partition coefficient (Wildman–Crippen LogP) is 3.98. The van der Waals surface area contributed by atoms with E-state index < -0.39 is 0 Å². The fourth-order valence-corrected chi connectivity index (χ4v) is 2.81. The molecule has 5 heteroatoms. The summed E-state index contributed by atoms with van der Waals surface area (Å²) in [6, 6.07) is 5.39. The number of hydrogen-bond donors (Lipinski definition) is 0. The first-order valence-electron chi connectivity index (χ1n) is 6.66. The summed E-state index contributed by atoms with van der Waals surface area (Å²) in [5, 5.41) is 1.96. The summed E-state index contributed by atoms with van der Waals surface area (Å²) in [6.07, 6.45) is 3.26. The molecule has 0 aliphatic carbocycles. The summed E-state index contributed by atoms with van der Waals surface area (Å²) >= 11 is 1.44. The second-order valence-corrected chi connectivity index (χ2v) is 5.55. The Bertz CT molecular complexity index is 701. The first-order chi connectivity index (χ1) is 10.6. The van der Waals surface area contributed by atoms with Gasteiger partial charge in [-0.2, -0.15) is 0 Å². The molecule has 1 heterocycles. The molecule has 0 saturated heterocycles. The van der Waals surface area contributed by atoms with Crippen LogP contribution in [0.15, 0.2) is 29.7 Å². The van der Waals surface area contributed by atoms with Crippen LogP contribution < -0.4 is 14.2 Å². The maximum absolute atomic E-state index is 12.1. The van der Waals surface area contributed by atoms with Gasteiger partial charge in [0.25, 0.3) is 0 Å².